The van der Waals surface area contributed by atoms with Crippen LogP contribution in [0.15, 0.2) is 39.9 Å². The fourth-order valence-corrected chi connectivity index (χ4v) is 2.95. The molecule has 0 aliphatic heterocycles. The highest BCUT2D eigenvalue weighted by Gasteiger charge is 2.20. The average Bonchev–Trinajstić information content (AvgIpc) is 2.58. The lowest BCUT2D eigenvalue weighted by Gasteiger charge is -2.28. The van der Waals surface area contributed by atoms with Gasteiger partial charge in [0.05, 0.1) is 6.54 Å². The van der Waals surface area contributed by atoms with E-state index < -0.39 is 11.2 Å². The van der Waals surface area contributed by atoms with E-state index in [2.05, 4.69) is 18.8 Å². The number of benzene rings is 1. The second-order valence-corrected chi connectivity index (χ2v) is 7.50. The second kappa shape index (κ2) is 9.30. The van der Waals surface area contributed by atoms with Gasteiger partial charge in [0.25, 0.3) is 5.56 Å². The van der Waals surface area contributed by atoms with Gasteiger partial charge in [0, 0.05) is 13.1 Å². The van der Waals surface area contributed by atoms with Gasteiger partial charge in [-0.25, -0.2) is 4.79 Å². The molecule has 0 amide bonds. The smallest absolute Gasteiger partial charge is 0.330 e. The van der Waals surface area contributed by atoms with Gasteiger partial charge in [-0.3, -0.25) is 14.3 Å². The highest BCUT2D eigenvalue weighted by molar-refractivity contribution is 5.62. The number of hydrogen-bond donors (Lipinski definition) is 2. The van der Waals surface area contributed by atoms with Crippen molar-refractivity contribution in [3.8, 4) is 5.75 Å². The van der Waals surface area contributed by atoms with Crippen LogP contribution in [0.25, 0.3) is 0 Å². The van der Waals surface area contributed by atoms with Gasteiger partial charge in [-0.05, 0) is 24.0 Å². The van der Waals surface area contributed by atoms with E-state index in [-0.39, 0.29) is 11.7 Å². The first-order valence-corrected chi connectivity index (χ1v) is 9.35. The molecule has 0 aliphatic carbocycles. The number of rotatable bonds is 9. The van der Waals surface area contributed by atoms with E-state index in [4.69, 9.17) is 10.5 Å². The number of hydrogen-bond acceptors (Lipinski definition) is 5. The number of ether oxygens (including phenoxy) is 1. The van der Waals surface area contributed by atoms with Crippen molar-refractivity contribution in [3.63, 3.8) is 0 Å². The largest absolute Gasteiger partial charge is 0.492 e. The molecule has 0 radical (unpaired) electrons. The number of aromatic nitrogens is 2. The molecule has 7 nitrogen and oxygen atoms in total. The SMILES string of the molecule is CC(C)CN(CCOc1ccccc1)c1c(N)n(CC(C)C)c(=O)[nH]c1=O. The number of nitrogens with two attached hydrogens (primary N) is 1. The number of H-pyrrole nitrogens is 1. The van der Waals surface area contributed by atoms with E-state index in [1.165, 1.54) is 4.57 Å². The van der Waals surface area contributed by atoms with Crippen molar-refractivity contribution < 1.29 is 4.74 Å². The van der Waals surface area contributed by atoms with Crippen molar-refractivity contribution in [2.45, 2.75) is 34.2 Å². The summed E-state index contributed by atoms with van der Waals surface area (Å²) in [4.78, 5) is 29.0. The van der Waals surface area contributed by atoms with E-state index in [1.807, 2.05) is 49.1 Å². The number of anilines is 2. The Labute approximate surface area is 159 Å². The Bertz CT molecular complexity index is 841. The first-order chi connectivity index (χ1) is 12.8. The average molecular weight is 374 g/mol. The highest BCUT2D eigenvalue weighted by atomic mass is 16.5. The van der Waals surface area contributed by atoms with Crippen LogP contribution in [0, 0.1) is 11.8 Å². The molecule has 2 aromatic rings. The Kier molecular flexibility index (Phi) is 7.10. The molecule has 1 aromatic heterocycles. The van der Waals surface area contributed by atoms with E-state index in [1.54, 1.807) is 0 Å². The maximum absolute atomic E-state index is 12.5. The molecule has 0 aliphatic rings. The number of nitrogens with one attached hydrogen (secondary N) is 1. The van der Waals surface area contributed by atoms with Gasteiger partial charge in [-0.15, -0.1) is 0 Å². The van der Waals surface area contributed by atoms with Gasteiger partial charge in [0.2, 0.25) is 0 Å². The fourth-order valence-electron chi connectivity index (χ4n) is 2.95. The maximum Gasteiger partial charge on any atom is 0.330 e. The Morgan fingerprint density at radius 2 is 1.78 bits per heavy atom. The van der Waals surface area contributed by atoms with Crippen molar-refractivity contribution in [2.24, 2.45) is 11.8 Å². The Balaban J connectivity index is 2.29. The molecule has 0 saturated heterocycles. The Hall–Kier alpha value is -2.70. The summed E-state index contributed by atoms with van der Waals surface area (Å²) in [5.41, 5.74) is 5.65. The quantitative estimate of drug-likeness (QED) is 0.703. The minimum Gasteiger partial charge on any atom is -0.492 e. The second-order valence-electron chi connectivity index (χ2n) is 7.50. The minimum atomic E-state index is -0.472. The highest BCUT2D eigenvalue weighted by Crippen LogP contribution is 2.19. The maximum atomic E-state index is 12.5. The van der Waals surface area contributed by atoms with E-state index >= 15 is 0 Å². The molecule has 27 heavy (non-hydrogen) atoms. The lowest BCUT2D eigenvalue weighted by atomic mass is 10.2. The third-order valence-electron chi connectivity index (χ3n) is 4.04. The first-order valence-electron chi connectivity index (χ1n) is 9.35. The van der Waals surface area contributed by atoms with E-state index in [0.717, 1.165) is 5.75 Å². The van der Waals surface area contributed by atoms with Crippen LogP contribution >= 0.6 is 0 Å². The van der Waals surface area contributed by atoms with Crippen molar-refractivity contribution in [1.29, 1.82) is 0 Å². The van der Waals surface area contributed by atoms with Gasteiger partial charge in [-0.2, -0.15) is 0 Å². The van der Waals surface area contributed by atoms with Gasteiger partial charge in [0.1, 0.15) is 23.9 Å². The zero-order valence-corrected chi connectivity index (χ0v) is 16.6. The topological polar surface area (TPSA) is 93.3 Å². The van der Waals surface area contributed by atoms with Crippen LogP contribution in [0.1, 0.15) is 27.7 Å². The zero-order chi connectivity index (χ0) is 20.0. The van der Waals surface area contributed by atoms with E-state index in [0.29, 0.717) is 37.8 Å². The van der Waals surface area contributed by atoms with Crippen LogP contribution < -0.4 is 26.6 Å². The molecule has 0 bridgehead atoms. The Morgan fingerprint density at radius 3 is 2.37 bits per heavy atom. The molecule has 0 spiro atoms. The van der Waals surface area contributed by atoms with E-state index in [9.17, 15) is 9.59 Å². The number of nitrogens with zero attached hydrogens (tertiary/aromatic N) is 2. The molecule has 1 heterocycles. The molecule has 0 atom stereocenters. The summed E-state index contributed by atoms with van der Waals surface area (Å²) in [5.74, 6) is 1.51. The number of para-hydroxylation sites is 1. The van der Waals surface area contributed by atoms with Crippen LogP contribution in [-0.4, -0.2) is 29.2 Å². The lowest BCUT2D eigenvalue weighted by molar-refractivity contribution is 0.321. The van der Waals surface area contributed by atoms with Crippen molar-refractivity contribution in [3.05, 3.63) is 51.2 Å². The normalized spacial score (nSPS) is 11.2. The molecule has 148 valence electrons. The third kappa shape index (κ3) is 5.64. The molecule has 7 heteroatoms. The van der Waals surface area contributed by atoms with Gasteiger partial charge >= 0.3 is 5.69 Å². The monoisotopic (exact) mass is 374 g/mol. The molecular formula is C20H30N4O3. The lowest BCUT2D eigenvalue weighted by Crippen LogP contribution is -2.41. The van der Waals surface area contributed by atoms with Crippen LogP contribution in [0.4, 0.5) is 11.5 Å². The van der Waals surface area contributed by atoms with Gasteiger partial charge in [-0.1, -0.05) is 45.9 Å². The predicted octanol–water partition coefficient (Wildman–Crippen LogP) is 2.32. The van der Waals surface area contributed by atoms with Crippen molar-refractivity contribution in [2.75, 3.05) is 30.3 Å². The standard InChI is InChI=1S/C20H30N4O3/c1-14(2)12-23(10-11-27-16-8-6-5-7-9-16)17-18(21)24(13-15(3)4)20(26)22-19(17)25/h5-9,14-15H,10-13,21H2,1-4H3,(H,22,25,26). The van der Waals surface area contributed by atoms with Crippen molar-refractivity contribution in [1.82, 2.24) is 9.55 Å². The number of nitrogen functional groups attached to an aromatic ring is 1. The van der Waals surface area contributed by atoms with Crippen LogP contribution in [0.5, 0.6) is 5.75 Å². The summed E-state index contributed by atoms with van der Waals surface area (Å²) in [5, 5.41) is 0. The van der Waals surface area contributed by atoms with Gasteiger partial charge in [0.15, 0.2) is 0 Å². The van der Waals surface area contributed by atoms with Crippen LogP contribution in [0.2, 0.25) is 0 Å². The molecular weight excluding hydrogens is 344 g/mol. The van der Waals surface area contributed by atoms with Gasteiger partial charge < -0.3 is 15.4 Å². The molecule has 0 unspecified atom stereocenters. The molecule has 3 N–H and O–H groups in total. The summed E-state index contributed by atoms with van der Waals surface area (Å²) in [6.07, 6.45) is 0. The Morgan fingerprint density at radius 1 is 1.11 bits per heavy atom. The summed E-state index contributed by atoms with van der Waals surface area (Å²) >= 11 is 0. The molecule has 0 saturated carbocycles. The molecule has 2 rings (SSSR count). The third-order valence-corrected chi connectivity index (χ3v) is 4.04. The van der Waals surface area contributed by atoms with Crippen LogP contribution in [-0.2, 0) is 6.54 Å². The predicted molar refractivity (Wildman–Crippen MR) is 110 cm³/mol. The number of aromatic amines is 1. The zero-order valence-electron chi connectivity index (χ0n) is 16.6. The fraction of sp³-hybridized carbons (Fsp3) is 0.500. The molecule has 1 aromatic carbocycles. The summed E-state index contributed by atoms with van der Waals surface area (Å²) in [7, 11) is 0. The summed E-state index contributed by atoms with van der Waals surface area (Å²) < 4.78 is 7.21. The first kappa shape index (κ1) is 20.6. The molecule has 0 fully saturated rings. The summed E-state index contributed by atoms with van der Waals surface area (Å²) in [6, 6.07) is 9.51. The van der Waals surface area contributed by atoms with Crippen molar-refractivity contribution >= 4 is 11.5 Å². The van der Waals surface area contributed by atoms with Crippen LogP contribution in [0.3, 0.4) is 0 Å². The summed E-state index contributed by atoms with van der Waals surface area (Å²) in [6.45, 7) is 10.1. The minimum absolute atomic E-state index is 0.206.